The quantitative estimate of drug-likeness (QED) is 0.683. The number of aromatic nitrogens is 4. The molecule has 2 aliphatic rings. The van der Waals surface area contributed by atoms with Crippen LogP contribution in [0.3, 0.4) is 0 Å². The van der Waals surface area contributed by atoms with Crippen LogP contribution in [0.1, 0.15) is 48.9 Å². The molecule has 6 nitrogen and oxygen atoms in total. The van der Waals surface area contributed by atoms with Crippen molar-refractivity contribution in [3.63, 3.8) is 0 Å². The van der Waals surface area contributed by atoms with Crippen LogP contribution < -0.4 is 10.2 Å². The van der Waals surface area contributed by atoms with Gasteiger partial charge < -0.3 is 10.2 Å². The van der Waals surface area contributed by atoms with Gasteiger partial charge in [0.15, 0.2) is 5.82 Å². The predicted molar refractivity (Wildman–Crippen MR) is 102 cm³/mol. The van der Waals surface area contributed by atoms with Crippen LogP contribution in [0.25, 0.3) is 0 Å². The minimum Gasteiger partial charge on any atom is -0.349 e. The van der Waals surface area contributed by atoms with Gasteiger partial charge in [0, 0.05) is 35.9 Å². The Bertz CT molecular complexity index is 1000. The fourth-order valence-corrected chi connectivity index (χ4v) is 3.84. The summed E-state index contributed by atoms with van der Waals surface area (Å²) >= 11 is 0. The van der Waals surface area contributed by atoms with Gasteiger partial charge in [-0.05, 0) is 43.9 Å². The second kappa shape index (κ2) is 6.85. The largest absolute Gasteiger partial charge is 0.349 e. The summed E-state index contributed by atoms with van der Waals surface area (Å²) in [5.74, 6) is 1.77. The van der Waals surface area contributed by atoms with Gasteiger partial charge in [0.1, 0.15) is 29.6 Å². The summed E-state index contributed by atoms with van der Waals surface area (Å²) in [5, 5.41) is 10.5. The molecule has 2 aromatic heterocycles. The first kappa shape index (κ1) is 17.1. The number of hydrogen-bond acceptors (Lipinski definition) is 5. The third kappa shape index (κ3) is 3.30. The SMILES string of the molecule is Fc1ccc(F)c([C@H]2CCCN2c2cc(Nc3cc(C4CC4)[nH]n3)ncn2)c1. The standard InChI is InChI=1S/C20H20F2N6/c21-13-5-6-15(22)14(8-13)17-2-1-7-28(17)20-10-18(23-11-24-20)25-19-9-16(26-27-19)12-3-4-12/h5-6,8-12,17H,1-4,7H2,(H2,23,24,25,26,27)/t17-/m1/s1. The Labute approximate surface area is 161 Å². The number of nitrogens with one attached hydrogen (secondary N) is 2. The molecule has 0 radical (unpaired) electrons. The Morgan fingerprint density at radius 1 is 1.04 bits per heavy atom. The summed E-state index contributed by atoms with van der Waals surface area (Å²) in [5.41, 5.74) is 1.50. The number of H-pyrrole nitrogens is 1. The lowest BCUT2D eigenvalue weighted by Crippen LogP contribution is -2.24. The average molecular weight is 382 g/mol. The number of aromatic amines is 1. The van der Waals surface area contributed by atoms with Crippen LogP contribution in [-0.4, -0.2) is 26.7 Å². The van der Waals surface area contributed by atoms with Crippen molar-refractivity contribution < 1.29 is 8.78 Å². The highest BCUT2D eigenvalue weighted by atomic mass is 19.1. The van der Waals surface area contributed by atoms with Crippen molar-refractivity contribution in [3.8, 4) is 0 Å². The highest BCUT2D eigenvalue weighted by Gasteiger charge is 2.30. The molecule has 3 aromatic rings. The van der Waals surface area contributed by atoms with Gasteiger partial charge >= 0.3 is 0 Å². The molecule has 1 saturated carbocycles. The molecule has 144 valence electrons. The number of hydrogen-bond donors (Lipinski definition) is 2. The lowest BCUT2D eigenvalue weighted by Gasteiger charge is -2.26. The highest BCUT2D eigenvalue weighted by Crippen LogP contribution is 2.40. The second-order valence-electron chi connectivity index (χ2n) is 7.39. The fourth-order valence-electron chi connectivity index (χ4n) is 3.84. The second-order valence-corrected chi connectivity index (χ2v) is 7.39. The van der Waals surface area contributed by atoms with E-state index < -0.39 is 11.6 Å². The van der Waals surface area contributed by atoms with E-state index in [4.69, 9.17) is 0 Å². The molecule has 2 N–H and O–H groups in total. The minimum atomic E-state index is -0.432. The molecule has 28 heavy (non-hydrogen) atoms. The van der Waals surface area contributed by atoms with Crippen LogP contribution in [0, 0.1) is 11.6 Å². The molecule has 3 heterocycles. The molecule has 1 aliphatic heterocycles. The topological polar surface area (TPSA) is 69.7 Å². The van der Waals surface area contributed by atoms with E-state index in [-0.39, 0.29) is 6.04 Å². The average Bonchev–Trinajstić information content (AvgIpc) is 3.24. The number of anilines is 3. The van der Waals surface area contributed by atoms with Crippen molar-refractivity contribution in [2.45, 2.75) is 37.6 Å². The molecule has 5 rings (SSSR count). The summed E-state index contributed by atoms with van der Waals surface area (Å²) in [6, 6.07) is 7.18. The smallest absolute Gasteiger partial charge is 0.153 e. The predicted octanol–water partition coefficient (Wildman–Crippen LogP) is 4.44. The lowest BCUT2D eigenvalue weighted by atomic mass is 10.0. The number of benzene rings is 1. The molecule has 0 amide bonds. The summed E-state index contributed by atoms with van der Waals surface area (Å²) in [7, 11) is 0. The fraction of sp³-hybridized carbons (Fsp3) is 0.350. The van der Waals surface area contributed by atoms with Crippen molar-refractivity contribution in [2.75, 3.05) is 16.8 Å². The zero-order valence-corrected chi connectivity index (χ0v) is 15.2. The van der Waals surface area contributed by atoms with Crippen molar-refractivity contribution in [1.82, 2.24) is 20.2 Å². The van der Waals surface area contributed by atoms with Crippen LogP contribution in [0.5, 0.6) is 0 Å². The molecule has 0 unspecified atom stereocenters. The Hall–Kier alpha value is -3.03. The van der Waals surface area contributed by atoms with Gasteiger partial charge in [0.05, 0.1) is 6.04 Å². The van der Waals surface area contributed by atoms with Gasteiger partial charge in [-0.3, -0.25) is 5.10 Å². The van der Waals surface area contributed by atoms with E-state index in [0.717, 1.165) is 31.1 Å². The lowest BCUT2D eigenvalue weighted by molar-refractivity contribution is 0.560. The highest BCUT2D eigenvalue weighted by molar-refractivity contribution is 5.57. The summed E-state index contributed by atoms with van der Waals surface area (Å²) in [4.78, 5) is 10.6. The van der Waals surface area contributed by atoms with Crippen molar-refractivity contribution in [2.24, 2.45) is 0 Å². The molecule has 2 fully saturated rings. The van der Waals surface area contributed by atoms with Gasteiger partial charge in [-0.15, -0.1) is 0 Å². The van der Waals surface area contributed by atoms with Crippen LogP contribution in [0.4, 0.5) is 26.2 Å². The van der Waals surface area contributed by atoms with Crippen LogP contribution >= 0.6 is 0 Å². The molecular weight excluding hydrogens is 362 g/mol. The molecule has 8 heteroatoms. The van der Waals surface area contributed by atoms with E-state index in [1.807, 2.05) is 17.0 Å². The summed E-state index contributed by atoms with van der Waals surface area (Å²) in [6.07, 6.45) is 5.51. The molecule has 1 atom stereocenters. The molecule has 1 saturated heterocycles. The van der Waals surface area contributed by atoms with E-state index in [2.05, 4.69) is 25.5 Å². The first-order chi connectivity index (χ1) is 13.7. The van der Waals surface area contributed by atoms with Crippen molar-refractivity contribution >= 4 is 17.5 Å². The van der Waals surface area contributed by atoms with Gasteiger partial charge in [-0.2, -0.15) is 5.10 Å². The van der Waals surface area contributed by atoms with E-state index in [9.17, 15) is 8.78 Å². The Morgan fingerprint density at radius 3 is 2.79 bits per heavy atom. The zero-order valence-electron chi connectivity index (χ0n) is 15.2. The maximum atomic E-state index is 14.3. The number of halogens is 2. The molecule has 1 aliphatic carbocycles. The van der Waals surface area contributed by atoms with E-state index in [1.165, 1.54) is 31.3 Å². The van der Waals surface area contributed by atoms with Crippen molar-refractivity contribution in [1.29, 1.82) is 0 Å². The van der Waals surface area contributed by atoms with E-state index in [1.54, 1.807) is 0 Å². The first-order valence-corrected chi connectivity index (χ1v) is 9.53. The summed E-state index contributed by atoms with van der Waals surface area (Å²) < 4.78 is 28.0. The number of rotatable bonds is 5. The number of nitrogens with zero attached hydrogens (tertiary/aromatic N) is 4. The summed E-state index contributed by atoms with van der Waals surface area (Å²) in [6.45, 7) is 0.727. The first-order valence-electron chi connectivity index (χ1n) is 9.53. The van der Waals surface area contributed by atoms with Crippen molar-refractivity contribution in [3.05, 3.63) is 59.6 Å². The molecule has 0 spiro atoms. The molecule has 0 bridgehead atoms. The maximum Gasteiger partial charge on any atom is 0.153 e. The van der Waals surface area contributed by atoms with Gasteiger partial charge in [-0.1, -0.05) is 0 Å². The minimum absolute atomic E-state index is 0.245. The zero-order chi connectivity index (χ0) is 19.1. The third-order valence-electron chi connectivity index (χ3n) is 5.39. The van der Waals surface area contributed by atoms with Crippen LogP contribution in [-0.2, 0) is 0 Å². The molecule has 1 aromatic carbocycles. The molecular formula is C20H20F2N6. The van der Waals surface area contributed by atoms with Crippen LogP contribution in [0.2, 0.25) is 0 Å². The van der Waals surface area contributed by atoms with E-state index in [0.29, 0.717) is 28.9 Å². The maximum absolute atomic E-state index is 14.3. The Morgan fingerprint density at radius 2 is 1.93 bits per heavy atom. The van der Waals surface area contributed by atoms with Gasteiger partial charge in [0.25, 0.3) is 0 Å². The Balaban J connectivity index is 1.39. The van der Waals surface area contributed by atoms with Gasteiger partial charge in [-0.25, -0.2) is 18.7 Å². The Kier molecular flexibility index (Phi) is 4.18. The third-order valence-corrected chi connectivity index (χ3v) is 5.39. The normalized spacial score (nSPS) is 19.2. The van der Waals surface area contributed by atoms with E-state index >= 15 is 0 Å². The monoisotopic (exact) mass is 382 g/mol. The van der Waals surface area contributed by atoms with Gasteiger partial charge in [0.2, 0.25) is 0 Å². The van der Waals surface area contributed by atoms with Crippen LogP contribution in [0.15, 0.2) is 36.7 Å².